The van der Waals surface area contributed by atoms with Crippen molar-refractivity contribution in [3.63, 3.8) is 0 Å². The summed E-state index contributed by atoms with van der Waals surface area (Å²) in [5.41, 5.74) is 2.83. The van der Waals surface area contributed by atoms with Gasteiger partial charge in [0.2, 0.25) is 9.84 Å². The Morgan fingerprint density at radius 2 is 1.26 bits per heavy atom. The first kappa shape index (κ1) is 13.4. The summed E-state index contributed by atoms with van der Waals surface area (Å²) in [6.45, 7) is 3.88. The van der Waals surface area contributed by atoms with Crippen LogP contribution < -0.4 is 0 Å². The van der Waals surface area contributed by atoms with Gasteiger partial charge in [-0.3, -0.25) is 0 Å². The second kappa shape index (κ2) is 5.29. The van der Waals surface area contributed by atoms with E-state index in [0.29, 0.717) is 5.56 Å². The highest BCUT2D eigenvalue weighted by molar-refractivity contribution is 7.96. The van der Waals surface area contributed by atoms with E-state index in [4.69, 9.17) is 0 Å². The zero-order valence-corrected chi connectivity index (χ0v) is 11.7. The highest BCUT2D eigenvalue weighted by atomic mass is 32.2. The van der Waals surface area contributed by atoms with Gasteiger partial charge in [0.1, 0.15) is 0 Å². The van der Waals surface area contributed by atoms with Gasteiger partial charge in [0.25, 0.3) is 0 Å². The summed E-state index contributed by atoms with van der Waals surface area (Å²) >= 11 is 0. The molecule has 0 spiro atoms. The molecule has 0 radical (unpaired) electrons. The lowest BCUT2D eigenvalue weighted by molar-refractivity contribution is 0.606. The molecule has 0 bridgehead atoms. The SMILES string of the molecule is Cc1ccc(C#CS(=O)(=O)c2ccc(C)cc2)cc1. The maximum absolute atomic E-state index is 12.0. The zero-order chi connectivity index (χ0) is 13.9. The van der Waals surface area contributed by atoms with Gasteiger partial charge in [0, 0.05) is 10.8 Å². The number of benzene rings is 2. The lowest BCUT2D eigenvalue weighted by Crippen LogP contribution is -1.96. The molecule has 2 aromatic carbocycles. The van der Waals surface area contributed by atoms with Crippen molar-refractivity contribution in [1.82, 2.24) is 0 Å². The minimum atomic E-state index is -3.55. The molecular formula is C16H14O2S. The van der Waals surface area contributed by atoms with Crippen LogP contribution in [0.2, 0.25) is 0 Å². The number of aryl methyl sites for hydroxylation is 2. The smallest absolute Gasteiger partial charge is 0.210 e. The van der Waals surface area contributed by atoms with E-state index in [1.165, 1.54) is 0 Å². The Balaban J connectivity index is 2.32. The van der Waals surface area contributed by atoms with Crippen LogP contribution in [0.1, 0.15) is 16.7 Å². The highest BCUT2D eigenvalue weighted by Gasteiger charge is 2.09. The molecule has 3 heteroatoms. The van der Waals surface area contributed by atoms with Crippen LogP contribution in [0, 0.1) is 25.0 Å². The molecule has 0 aromatic heterocycles. The van der Waals surface area contributed by atoms with Crippen molar-refractivity contribution in [2.45, 2.75) is 18.7 Å². The molecule has 0 N–H and O–H groups in total. The predicted molar refractivity (Wildman–Crippen MR) is 76.4 cm³/mol. The molecule has 0 saturated carbocycles. The molecule has 0 aliphatic heterocycles. The second-order valence-corrected chi connectivity index (χ2v) is 6.09. The van der Waals surface area contributed by atoms with Gasteiger partial charge in [-0.15, -0.1) is 0 Å². The van der Waals surface area contributed by atoms with Gasteiger partial charge in [0.05, 0.1) is 4.90 Å². The number of hydrogen-bond acceptors (Lipinski definition) is 2. The van der Waals surface area contributed by atoms with E-state index in [1.54, 1.807) is 24.3 Å². The van der Waals surface area contributed by atoms with Crippen molar-refractivity contribution >= 4 is 9.84 Å². The fourth-order valence-electron chi connectivity index (χ4n) is 1.54. The van der Waals surface area contributed by atoms with Crippen molar-refractivity contribution in [3.8, 4) is 11.2 Å². The molecular weight excluding hydrogens is 256 g/mol. The Morgan fingerprint density at radius 3 is 1.79 bits per heavy atom. The number of rotatable bonds is 1. The van der Waals surface area contributed by atoms with E-state index in [0.717, 1.165) is 11.1 Å². The van der Waals surface area contributed by atoms with Crippen LogP contribution in [0.3, 0.4) is 0 Å². The molecule has 0 amide bonds. The molecule has 0 fully saturated rings. The first-order chi connectivity index (χ1) is 8.97. The van der Waals surface area contributed by atoms with Gasteiger partial charge in [-0.2, -0.15) is 0 Å². The minimum absolute atomic E-state index is 0.234. The van der Waals surface area contributed by atoms with Crippen molar-refractivity contribution < 1.29 is 8.42 Å². The monoisotopic (exact) mass is 270 g/mol. The average Bonchev–Trinajstić information content (AvgIpc) is 2.39. The van der Waals surface area contributed by atoms with Crippen molar-refractivity contribution in [2.75, 3.05) is 0 Å². The Kier molecular flexibility index (Phi) is 3.73. The predicted octanol–water partition coefficient (Wildman–Crippen LogP) is 3.09. The van der Waals surface area contributed by atoms with Gasteiger partial charge in [-0.05, 0) is 44.0 Å². The summed E-state index contributed by atoms with van der Waals surface area (Å²) in [7, 11) is -3.55. The summed E-state index contributed by atoms with van der Waals surface area (Å²) in [6, 6.07) is 14.1. The van der Waals surface area contributed by atoms with Gasteiger partial charge >= 0.3 is 0 Å². The quantitative estimate of drug-likeness (QED) is 0.746. The molecule has 96 valence electrons. The van der Waals surface area contributed by atoms with Crippen LogP contribution in [0.15, 0.2) is 53.4 Å². The third kappa shape index (κ3) is 3.46. The molecule has 19 heavy (non-hydrogen) atoms. The standard InChI is InChI=1S/C16H14O2S/c1-13-3-7-15(8-4-13)11-12-19(17,18)16-9-5-14(2)6-10-16/h3-10H,1-2H3. The molecule has 0 saturated heterocycles. The second-order valence-electron chi connectivity index (χ2n) is 4.41. The zero-order valence-electron chi connectivity index (χ0n) is 10.8. The Bertz CT molecular complexity index is 728. The van der Waals surface area contributed by atoms with Crippen molar-refractivity contribution in [2.24, 2.45) is 0 Å². The van der Waals surface area contributed by atoms with Crippen molar-refractivity contribution in [1.29, 1.82) is 0 Å². The maximum atomic E-state index is 12.0. The van der Waals surface area contributed by atoms with Gasteiger partial charge in [-0.25, -0.2) is 8.42 Å². The molecule has 2 aromatic rings. The number of hydrogen-bond donors (Lipinski definition) is 0. The summed E-state index contributed by atoms with van der Waals surface area (Å²) < 4.78 is 24.0. The minimum Gasteiger partial charge on any atom is -0.210 e. The number of sulfone groups is 1. The van der Waals surface area contributed by atoms with Crippen LogP contribution in [-0.2, 0) is 9.84 Å². The third-order valence-corrected chi connectivity index (χ3v) is 3.98. The normalized spacial score (nSPS) is 10.6. The fourth-order valence-corrected chi connectivity index (χ4v) is 2.40. The topological polar surface area (TPSA) is 34.1 Å². The van der Waals surface area contributed by atoms with E-state index in [1.807, 2.05) is 38.1 Å². The molecule has 2 nitrogen and oxygen atoms in total. The van der Waals surface area contributed by atoms with Gasteiger partial charge < -0.3 is 0 Å². The Morgan fingerprint density at radius 1 is 0.789 bits per heavy atom. The molecule has 0 aliphatic carbocycles. The van der Waals surface area contributed by atoms with Crippen LogP contribution >= 0.6 is 0 Å². The summed E-state index contributed by atoms with van der Waals surface area (Å²) in [6.07, 6.45) is 0. The van der Waals surface area contributed by atoms with Crippen molar-refractivity contribution in [3.05, 3.63) is 65.2 Å². The van der Waals surface area contributed by atoms with Crippen LogP contribution in [0.5, 0.6) is 0 Å². The maximum Gasteiger partial charge on any atom is 0.245 e. The molecule has 0 atom stereocenters. The van der Waals surface area contributed by atoms with E-state index < -0.39 is 9.84 Å². The average molecular weight is 270 g/mol. The summed E-state index contributed by atoms with van der Waals surface area (Å²) in [5, 5.41) is 2.35. The molecule has 0 unspecified atom stereocenters. The molecule has 0 aliphatic rings. The largest absolute Gasteiger partial charge is 0.245 e. The van der Waals surface area contributed by atoms with E-state index in [-0.39, 0.29) is 4.90 Å². The summed E-state index contributed by atoms with van der Waals surface area (Å²) in [4.78, 5) is 0.234. The Hall–Kier alpha value is -2.05. The van der Waals surface area contributed by atoms with E-state index >= 15 is 0 Å². The lowest BCUT2D eigenvalue weighted by atomic mass is 10.2. The van der Waals surface area contributed by atoms with Gasteiger partial charge in [0.15, 0.2) is 0 Å². The molecule has 2 rings (SSSR count). The first-order valence-corrected chi connectivity index (χ1v) is 7.37. The molecule has 0 heterocycles. The van der Waals surface area contributed by atoms with Crippen LogP contribution in [0.25, 0.3) is 0 Å². The fraction of sp³-hybridized carbons (Fsp3) is 0.125. The van der Waals surface area contributed by atoms with Crippen LogP contribution in [-0.4, -0.2) is 8.42 Å². The third-order valence-electron chi connectivity index (χ3n) is 2.71. The van der Waals surface area contributed by atoms with E-state index in [2.05, 4.69) is 11.2 Å². The Labute approximate surface area is 114 Å². The lowest BCUT2D eigenvalue weighted by Gasteiger charge is -1.97. The summed E-state index contributed by atoms with van der Waals surface area (Å²) in [5.74, 6) is 2.69. The first-order valence-electron chi connectivity index (χ1n) is 5.88. The highest BCUT2D eigenvalue weighted by Crippen LogP contribution is 2.11. The van der Waals surface area contributed by atoms with E-state index in [9.17, 15) is 8.42 Å². The van der Waals surface area contributed by atoms with Gasteiger partial charge in [-0.1, -0.05) is 35.4 Å². The van der Waals surface area contributed by atoms with Crippen LogP contribution in [0.4, 0.5) is 0 Å².